The summed E-state index contributed by atoms with van der Waals surface area (Å²) in [6.07, 6.45) is 8.20. The lowest BCUT2D eigenvalue weighted by atomic mass is 9.96. The van der Waals surface area contributed by atoms with Crippen LogP contribution < -0.4 is 4.74 Å². The van der Waals surface area contributed by atoms with Crippen LogP contribution in [-0.4, -0.2) is 42.7 Å². The average Bonchev–Trinajstić information content (AvgIpc) is 3.40. The van der Waals surface area contributed by atoms with Crippen LogP contribution in [0.1, 0.15) is 54.7 Å². The number of ketones is 1. The Morgan fingerprint density at radius 3 is 2.74 bits per heavy atom. The molecule has 1 amide bonds. The second-order valence-electron chi connectivity index (χ2n) is 9.39. The molecule has 0 bridgehead atoms. The Labute approximate surface area is 221 Å². The van der Waals surface area contributed by atoms with E-state index in [1.807, 2.05) is 48.5 Å². The Balaban J connectivity index is 1.63. The molecule has 1 aromatic carbocycles. The fourth-order valence-corrected chi connectivity index (χ4v) is 4.92. The minimum absolute atomic E-state index is 0.0239. The molecule has 1 aliphatic rings. The summed E-state index contributed by atoms with van der Waals surface area (Å²) in [7, 11) is 0. The van der Waals surface area contributed by atoms with Gasteiger partial charge in [-0.2, -0.15) is 0 Å². The van der Waals surface area contributed by atoms with Gasteiger partial charge < -0.3 is 14.7 Å². The molecule has 0 saturated carbocycles. The van der Waals surface area contributed by atoms with Crippen LogP contribution in [0.2, 0.25) is 0 Å². The molecule has 1 N–H and O–H groups in total. The number of ether oxygens (including phenoxy) is 1. The van der Waals surface area contributed by atoms with E-state index in [-0.39, 0.29) is 17.9 Å². The number of aromatic nitrogens is 3. The number of rotatable bonds is 9. The molecule has 1 saturated heterocycles. The lowest BCUT2D eigenvalue weighted by Crippen LogP contribution is -2.29. The summed E-state index contributed by atoms with van der Waals surface area (Å²) >= 11 is 0. The summed E-state index contributed by atoms with van der Waals surface area (Å²) < 4.78 is 7.69. The number of nitrogens with zero attached hydrogens (tertiary/aromatic N) is 4. The maximum atomic E-state index is 13.5. The highest BCUT2D eigenvalue weighted by atomic mass is 16.5. The van der Waals surface area contributed by atoms with E-state index in [9.17, 15) is 14.7 Å². The van der Waals surface area contributed by atoms with E-state index < -0.39 is 17.7 Å². The van der Waals surface area contributed by atoms with E-state index in [1.54, 1.807) is 36.0 Å². The van der Waals surface area contributed by atoms with Crippen molar-refractivity contribution >= 4 is 23.1 Å². The predicted molar refractivity (Wildman–Crippen MR) is 143 cm³/mol. The maximum absolute atomic E-state index is 13.5. The van der Waals surface area contributed by atoms with Gasteiger partial charge in [0.15, 0.2) is 5.76 Å². The smallest absolute Gasteiger partial charge is 0.295 e. The third-order valence-electron chi connectivity index (χ3n) is 6.73. The molecule has 1 fully saturated rings. The van der Waals surface area contributed by atoms with E-state index in [1.165, 1.54) is 4.90 Å². The highest BCUT2D eigenvalue weighted by Crippen LogP contribution is 2.41. The summed E-state index contributed by atoms with van der Waals surface area (Å²) in [5.74, 6) is -1.03. The molecule has 8 heteroatoms. The summed E-state index contributed by atoms with van der Waals surface area (Å²) in [6.45, 7) is 4.65. The van der Waals surface area contributed by atoms with Crippen LogP contribution in [0.25, 0.3) is 11.4 Å². The van der Waals surface area contributed by atoms with E-state index in [2.05, 4.69) is 16.9 Å². The molecule has 1 atom stereocenters. The Morgan fingerprint density at radius 1 is 1.08 bits per heavy atom. The summed E-state index contributed by atoms with van der Waals surface area (Å²) in [4.78, 5) is 37.1. The molecule has 8 nitrogen and oxygen atoms in total. The second-order valence-corrected chi connectivity index (χ2v) is 9.39. The van der Waals surface area contributed by atoms with Crippen molar-refractivity contribution in [2.75, 3.05) is 6.61 Å². The summed E-state index contributed by atoms with van der Waals surface area (Å²) in [5.41, 5.74) is 3.05. The van der Waals surface area contributed by atoms with E-state index in [0.717, 1.165) is 24.8 Å². The number of aryl methyl sites for hydroxylation is 1. The highest BCUT2D eigenvalue weighted by molar-refractivity contribution is 6.46. The Kier molecular flexibility index (Phi) is 7.22. The van der Waals surface area contributed by atoms with Crippen molar-refractivity contribution in [1.82, 2.24) is 19.3 Å². The van der Waals surface area contributed by atoms with Gasteiger partial charge in [0.05, 0.1) is 23.9 Å². The molecule has 3 aromatic heterocycles. The third-order valence-corrected chi connectivity index (χ3v) is 6.73. The van der Waals surface area contributed by atoms with Crippen molar-refractivity contribution in [3.8, 4) is 5.75 Å². The minimum atomic E-state index is -0.817. The van der Waals surface area contributed by atoms with Crippen molar-refractivity contribution in [2.24, 2.45) is 0 Å². The number of benzene rings is 1. The number of hydrogen-bond donors (Lipinski definition) is 1. The van der Waals surface area contributed by atoms with Crippen molar-refractivity contribution in [1.29, 1.82) is 0 Å². The standard InChI is InChI=1S/C30H30N4O4/c1-3-4-7-16-38-23-12-8-11-22(17-23)27-25(28(35)26-20(2)32-24-13-5-6-15-33(24)26)29(36)30(37)34(27)19-21-10-9-14-31-18-21/h5-6,8-15,17-18,27,35H,3-4,7,16,19H2,1-2H3. The number of amides is 1. The number of carbonyl (C=O) groups is 2. The third kappa shape index (κ3) is 4.77. The van der Waals surface area contributed by atoms with Crippen LogP contribution in [-0.2, 0) is 16.1 Å². The maximum Gasteiger partial charge on any atom is 0.295 e. The zero-order chi connectivity index (χ0) is 26.6. The molecule has 5 rings (SSSR count). The lowest BCUT2D eigenvalue weighted by molar-refractivity contribution is -0.140. The van der Waals surface area contributed by atoms with Crippen molar-refractivity contribution in [2.45, 2.75) is 45.7 Å². The summed E-state index contributed by atoms with van der Waals surface area (Å²) in [5, 5.41) is 11.6. The molecule has 0 aliphatic carbocycles. The molecule has 4 heterocycles. The SMILES string of the molecule is CCCCCOc1cccc(C2C(=C(O)c3c(C)nc4ccccn34)C(=O)C(=O)N2Cc2cccnc2)c1. The van der Waals surface area contributed by atoms with Gasteiger partial charge in [-0.3, -0.25) is 19.0 Å². The van der Waals surface area contributed by atoms with Crippen molar-refractivity contribution in [3.05, 3.63) is 101 Å². The first-order chi connectivity index (χ1) is 18.5. The van der Waals surface area contributed by atoms with Gasteiger partial charge in [0.1, 0.15) is 17.1 Å². The molecule has 1 aliphatic heterocycles. The molecule has 4 aromatic rings. The molecule has 0 radical (unpaired) electrons. The normalized spacial score (nSPS) is 16.9. The van der Waals surface area contributed by atoms with Crippen molar-refractivity contribution < 1.29 is 19.4 Å². The van der Waals surface area contributed by atoms with Crippen LogP contribution in [0.15, 0.2) is 78.8 Å². The number of unbranched alkanes of at least 4 members (excludes halogenated alkanes) is 2. The first-order valence-electron chi connectivity index (χ1n) is 12.8. The lowest BCUT2D eigenvalue weighted by Gasteiger charge is -2.25. The van der Waals surface area contributed by atoms with Gasteiger partial charge in [-0.25, -0.2) is 4.98 Å². The Bertz CT molecular complexity index is 1510. The molecule has 1 unspecified atom stereocenters. The van der Waals surface area contributed by atoms with Gasteiger partial charge in [0.25, 0.3) is 11.7 Å². The molecule has 0 spiro atoms. The number of fused-ring (bicyclic) bond motifs is 1. The number of aliphatic hydroxyl groups is 1. The fraction of sp³-hybridized carbons (Fsp3) is 0.267. The minimum Gasteiger partial charge on any atom is -0.505 e. The zero-order valence-corrected chi connectivity index (χ0v) is 21.5. The number of Topliss-reactive ketones (excluding diaryl/α,β-unsaturated/α-hetero) is 1. The van der Waals surface area contributed by atoms with E-state index in [4.69, 9.17) is 4.74 Å². The van der Waals surface area contributed by atoms with Crippen LogP contribution in [0.5, 0.6) is 5.75 Å². The fourth-order valence-electron chi connectivity index (χ4n) is 4.92. The van der Waals surface area contributed by atoms with Gasteiger partial charge in [-0.15, -0.1) is 0 Å². The van der Waals surface area contributed by atoms with E-state index >= 15 is 0 Å². The van der Waals surface area contributed by atoms with Crippen molar-refractivity contribution in [3.63, 3.8) is 0 Å². The molecule has 194 valence electrons. The van der Waals surface area contributed by atoms with Crippen LogP contribution in [0, 0.1) is 6.92 Å². The van der Waals surface area contributed by atoms with Gasteiger partial charge in [0.2, 0.25) is 0 Å². The molecular formula is C30H30N4O4. The molecular weight excluding hydrogens is 480 g/mol. The van der Waals surface area contributed by atoms with Crippen LogP contribution in [0.3, 0.4) is 0 Å². The van der Waals surface area contributed by atoms with Gasteiger partial charge in [-0.05, 0) is 54.8 Å². The van der Waals surface area contributed by atoms with Crippen LogP contribution >= 0.6 is 0 Å². The first kappa shape index (κ1) is 25.2. The molecule has 38 heavy (non-hydrogen) atoms. The van der Waals surface area contributed by atoms with E-state index in [0.29, 0.717) is 35.0 Å². The number of carbonyl (C=O) groups excluding carboxylic acids is 2. The average molecular weight is 511 g/mol. The monoisotopic (exact) mass is 510 g/mol. The largest absolute Gasteiger partial charge is 0.505 e. The summed E-state index contributed by atoms with van der Waals surface area (Å²) in [6, 6.07) is 15.7. The number of likely N-dealkylation sites (tertiary alicyclic amines) is 1. The number of hydrogen-bond acceptors (Lipinski definition) is 6. The first-order valence-corrected chi connectivity index (χ1v) is 12.8. The number of imidazole rings is 1. The van der Waals surface area contributed by atoms with Gasteiger partial charge >= 0.3 is 0 Å². The van der Waals surface area contributed by atoms with Gasteiger partial charge in [-0.1, -0.05) is 44.0 Å². The highest BCUT2D eigenvalue weighted by Gasteiger charge is 2.46. The number of pyridine rings is 2. The quantitative estimate of drug-likeness (QED) is 0.143. The topological polar surface area (TPSA) is 97.0 Å². The number of aliphatic hydroxyl groups excluding tert-OH is 1. The van der Waals surface area contributed by atoms with Gasteiger partial charge in [0, 0.05) is 25.1 Å². The van der Waals surface area contributed by atoms with Crippen LogP contribution in [0.4, 0.5) is 0 Å². The Hall–Kier alpha value is -4.46. The zero-order valence-electron chi connectivity index (χ0n) is 21.5. The second kappa shape index (κ2) is 10.9. The Morgan fingerprint density at radius 2 is 1.95 bits per heavy atom. The predicted octanol–water partition coefficient (Wildman–Crippen LogP) is 5.23.